The molecule has 6 heteroatoms. The third-order valence-electron chi connectivity index (χ3n) is 4.00. The molecule has 0 bridgehead atoms. The van der Waals surface area contributed by atoms with Crippen LogP contribution in [0.25, 0.3) is 0 Å². The van der Waals surface area contributed by atoms with Crippen LogP contribution in [0.15, 0.2) is 5.38 Å². The average Bonchev–Trinajstić information content (AvgIpc) is 2.87. The molecule has 1 aliphatic rings. The number of nitrogens with one attached hydrogen (secondary N) is 1. The second-order valence-corrected chi connectivity index (χ2v) is 6.78. The highest BCUT2D eigenvalue weighted by Crippen LogP contribution is 2.42. The molecule has 1 aromatic rings. The molecule has 3 N–H and O–H groups in total. The van der Waals surface area contributed by atoms with Gasteiger partial charge in [-0.15, -0.1) is 11.3 Å². The van der Waals surface area contributed by atoms with Crippen molar-refractivity contribution in [3.8, 4) is 0 Å². The molecule has 112 valence electrons. The Morgan fingerprint density at radius 1 is 1.70 bits per heavy atom. The lowest BCUT2D eigenvalue weighted by Crippen LogP contribution is -2.62. The minimum absolute atomic E-state index is 0.0360. The number of amides is 1. The number of ether oxygens (including phenoxy) is 1. The van der Waals surface area contributed by atoms with E-state index in [1.54, 1.807) is 5.38 Å². The second-order valence-electron chi connectivity index (χ2n) is 5.89. The van der Waals surface area contributed by atoms with E-state index >= 15 is 0 Å². The Bertz CT molecular complexity index is 485. The minimum Gasteiger partial charge on any atom is -0.378 e. The molecule has 0 aliphatic heterocycles. The molecule has 0 spiro atoms. The van der Waals surface area contributed by atoms with Crippen molar-refractivity contribution >= 4 is 17.2 Å². The predicted molar refractivity (Wildman–Crippen MR) is 79.8 cm³/mol. The lowest BCUT2D eigenvalue weighted by atomic mass is 9.64. The summed E-state index contributed by atoms with van der Waals surface area (Å²) >= 11 is 1.43. The predicted octanol–water partition coefficient (Wildman–Crippen LogP) is 2.10. The first kappa shape index (κ1) is 15.4. The number of hydrogen-bond acceptors (Lipinski definition) is 5. The van der Waals surface area contributed by atoms with Crippen LogP contribution >= 0.6 is 11.3 Å². The van der Waals surface area contributed by atoms with Gasteiger partial charge < -0.3 is 15.8 Å². The number of carbonyl (C=O) groups is 1. The van der Waals surface area contributed by atoms with Gasteiger partial charge in [0, 0.05) is 23.4 Å². The highest BCUT2D eigenvalue weighted by atomic mass is 32.1. The van der Waals surface area contributed by atoms with Crippen molar-refractivity contribution in [2.45, 2.75) is 52.3 Å². The van der Waals surface area contributed by atoms with E-state index in [0.29, 0.717) is 12.3 Å². The molecule has 1 saturated carbocycles. The highest BCUT2D eigenvalue weighted by Gasteiger charge is 2.49. The Balaban J connectivity index is 1.95. The fraction of sp³-hybridized carbons (Fsp3) is 0.714. The van der Waals surface area contributed by atoms with Crippen LogP contribution in [0.5, 0.6) is 0 Å². The zero-order chi connectivity index (χ0) is 14.9. The minimum atomic E-state index is -0.135. The van der Waals surface area contributed by atoms with Gasteiger partial charge in [-0.3, -0.25) is 4.79 Å². The van der Waals surface area contributed by atoms with E-state index in [4.69, 9.17) is 10.5 Å². The first-order valence-corrected chi connectivity index (χ1v) is 7.87. The van der Waals surface area contributed by atoms with Gasteiger partial charge in [0.05, 0.1) is 12.1 Å². The zero-order valence-electron chi connectivity index (χ0n) is 12.5. The molecule has 1 fully saturated rings. The van der Waals surface area contributed by atoms with E-state index in [2.05, 4.69) is 24.1 Å². The third-order valence-corrected chi connectivity index (χ3v) is 5.04. The Hall–Kier alpha value is -0.980. The van der Waals surface area contributed by atoms with Crippen LogP contribution in [-0.4, -0.2) is 29.6 Å². The Morgan fingerprint density at radius 3 is 2.90 bits per heavy atom. The number of hydrogen-bond donors (Lipinski definition) is 2. The van der Waals surface area contributed by atoms with Crippen LogP contribution < -0.4 is 11.1 Å². The molecule has 0 radical (unpaired) electrons. The van der Waals surface area contributed by atoms with Gasteiger partial charge in [0.1, 0.15) is 10.7 Å². The number of nitrogens with two attached hydrogens (primary N) is 1. The van der Waals surface area contributed by atoms with Crippen LogP contribution in [0.2, 0.25) is 0 Å². The first-order valence-electron chi connectivity index (χ1n) is 6.99. The molecule has 1 aromatic heterocycles. The summed E-state index contributed by atoms with van der Waals surface area (Å²) in [5, 5.41) is 5.60. The number of nitrogens with zero attached hydrogens (tertiary/aromatic N) is 1. The SMILES string of the molecule is CCOC1CC(NC(=O)c2csc(C(C)N)n2)C1(C)C. The highest BCUT2D eigenvalue weighted by molar-refractivity contribution is 7.09. The van der Waals surface area contributed by atoms with Gasteiger partial charge in [-0.1, -0.05) is 13.8 Å². The van der Waals surface area contributed by atoms with Gasteiger partial charge in [0.2, 0.25) is 0 Å². The molecule has 1 heterocycles. The average molecular weight is 297 g/mol. The molecule has 2 rings (SSSR count). The van der Waals surface area contributed by atoms with Crippen LogP contribution in [0, 0.1) is 5.41 Å². The van der Waals surface area contributed by atoms with E-state index in [-0.39, 0.29) is 29.5 Å². The van der Waals surface area contributed by atoms with Crippen LogP contribution in [0.4, 0.5) is 0 Å². The lowest BCUT2D eigenvalue weighted by molar-refractivity contribution is -0.111. The fourth-order valence-electron chi connectivity index (χ4n) is 2.45. The van der Waals surface area contributed by atoms with Crippen molar-refractivity contribution in [1.82, 2.24) is 10.3 Å². The van der Waals surface area contributed by atoms with Crippen molar-refractivity contribution in [1.29, 1.82) is 0 Å². The van der Waals surface area contributed by atoms with Crippen molar-refractivity contribution in [2.24, 2.45) is 11.1 Å². The van der Waals surface area contributed by atoms with Gasteiger partial charge in [-0.25, -0.2) is 4.98 Å². The Morgan fingerprint density at radius 2 is 2.40 bits per heavy atom. The van der Waals surface area contributed by atoms with E-state index in [1.165, 1.54) is 11.3 Å². The number of thiazole rings is 1. The topological polar surface area (TPSA) is 77.2 Å². The quantitative estimate of drug-likeness (QED) is 0.872. The summed E-state index contributed by atoms with van der Waals surface area (Å²) in [4.78, 5) is 16.5. The molecule has 0 aromatic carbocycles. The summed E-state index contributed by atoms with van der Waals surface area (Å²) in [6.45, 7) is 8.81. The largest absolute Gasteiger partial charge is 0.378 e. The maximum Gasteiger partial charge on any atom is 0.271 e. The number of rotatable bonds is 5. The smallest absolute Gasteiger partial charge is 0.271 e. The summed E-state index contributed by atoms with van der Waals surface area (Å²) in [7, 11) is 0. The molecule has 5 nitrogen and oxygen atoms in total. The van der Waals surface area contributed by atoms with Gasteiger partial charge in [-0.2, -0.15) is 0 Å². The van der Waals surface area contributed by atoms with Gasteiger partial charge in [0.15, 0.2) is 0 Å². The van der Waals surface area contributed by atoms with Gasteiger partial charge >= 0.3 is 0 Å². The molecule has 0 saturated heterocycles. The van der Waals surface area contributed by atoms with E-state index < -0.39 is 0 Å². The molecule has 3 atom stereocenters. The molecular weight excluding hydrogens is 274 g/mol. The summed E-state index contributed by atoms with van der Waals surface area (Å²) in [5.41, 5.74) is 6.18. The summed E-state index contributed by atoms with van der Waals surface area (Å²) in [6.07, 6.45) is 1.07. The monoisotopic (exact) mass is 297 g/mol. The first-order chi connectivity index (χ1) is 9.36. The second kappa shape index (κ2) is 5.79. The molecular formula is C14H23N3O2S. The maximum absolute atomic E-state index is 12.2. The summed E-state index contributed by atoms with van der Waals surface area (Å²) < 4.78 is 5.66. The Labute approximate surface area is 123 Å². The molecule has 3 unspecified atom stereocenters. The number of carbonyl (C=O) groups excluding carboxylic acids is 1. The van der Waals surface area contributed by atoms with E-state index in [0.717, 1.165) is 11.4 Å². The van der Waals surface area contributed by atoms with Gasteiger partial charge in [-0.05, 0) is 20.3 Å². The van der Waals surface area contributed by atoms with Crippen molar-refractivity contribution in [3.05, 3.63) is 16.1 Å². The standard InChI is InChI=1S/C14H23N3O2S/c1-5-19-11-6-10(14(11,3)4)17-12(18)9-7-20-13(16-9)8(2)15/h7-8,10-11H,5-6,15H2,1-4H3,(H,17,18). The van der Waals surface area contributed by atoms with E-state index in [1.807, 2.05) is 13.8 Å². The van der Waals surface area contributed by atoms with Crippen molar-refractivity contribution in [3.63, 3.8) is 0 Å². The summed E-state index contributed by atoms with van der Waals surface area (Å²) in [5.74, 6) is -0.124. The summed E-state index contributed by atoms with van der Waals surface area (Å²) in [6, 6.07) is -0.00368. The molecule has 1 amide bonds. The maximum atomic E-state index is 12.2. The van der Waals surface area contributed by atoms with Crippen molar-refractivity contribution in [2.75, 3.05) is 6.61 Å². The van der Waals surface area contributed by atoms with E-state index in [9.17, 15) is 4.79 Å². The third kappa shape index (κ3) is 2.87. The van der Waals surface area contributed by atoms with Gasteiger partial charge in [0.25, 0.3) is 5.91 Å². The normalized spacial score (nSPS) is 25.9. The Kier molecular flexibility index (Phi) is 4.46. The van der Waals surface area contributed by atoms with Crippen molar-refractivity contribution < 1.29 is 9.53 Å². The molecule has 20 heavy (non-hydrogen) atoms. The van der Waals surface area contributed by atoms with Crippen LogP contribution in [-0.2, 0) is 4.74 Å². The molecule has 1 aliphatic carbocycles. The lowest BCUT2D eigenvalue weighted by Gasteiger charge is -2.51. The van der Waals surface area contributed by atoms with Crippen LogP contribution in [0.3, 0.4) is 0 Å². The number of aromatic nitrogens is 1. The zero-order valence-corrected chi connectivity index (χ0v) is 13.3. The fourth-order valence-corrected chi connectivity index (χ4v) is 3.21. The van der Waals surface area contributed by atoms with Crippen LogP contribution in [0.1, 0.15) is 55.7 Å².